The zero-order valence-corrected chi connectivity index (χ0v) is 20.6. The molecule has 1 aromatic heterocycles. The highest BCUT2D eigenvalue weighted by Crippen LogP contribution is 2.45. The Hall–Kier alpha value is -4.54. The van der Waals surface area contributed by atoms with Crippen molar-refractivity contribution >= 4 is 28.7 Å². The Morgan fingerprint density at radius 1 is 1.03 bits per heavy atom. The molecule has 7 nitrogen and oxygen atoms in total. The molecule has 4 aromatic rings. The fourth-order valence-electron chi connectivity index (χ4n) is 4.74. The van der Waals surface area contributed by atoms with E-state index in [0.717, 1.165) is 38.2 Å². The van der Waals surface area contributed by atoms with Crippen molar-refractivity contribution in [2.24, 2.45) is 0 Å². The lowest BCUT2D eigenvalue weighted by Crippen LogP contribution is -2.22. The van der Waals surface area contributed by atoms with Crippen molar-refractivity contribution in [1.82, 2.24) is 9.78 Å². The minimum atomic E-state index is -4.86. The van der Waals surface area contributed by atoms with Crippen LogP contribution in [0.1, 0.15) is 66.5 Å². The van der Waals surface area contributed by atoms with Gasteiger partial charge in [0.25, 0.3) is 5.91 Å². The standard InChI is InChI=1S/C28H20F4N2O5/c1-13-17(14-3-4-14)9-10-20(28(30,31)32)23(13)25(35)34-22-12-15(26(36)37)5-8-19(22)24(33-34)18-7-6-16(11-21(18)29)27(38)39-2/h5-12,14H,3-4H2,1-2H3,(H,36,37). The second kappa shape index (κ2) is 9.33. The fraction of sp³-hybridized carbons (Fsp3) is 0.214. The summed E-state index contributed by atoms with van der Waals surface area (Å²) in [5.41, 5.74) is -1.69. The lowest BCUT2D eigenvalue weighted by atomic mass is 9.93. The summed E-state index contributed by atoms with van der Waals surface area (Å²) < 4.78 is 62.6. The summed E-state index contributed by atoms with van der Waals surface area (Å²) in [7, 11) is 1.13. The smallest absolute Gasteiger partial charge is 0.417 e. The number of hydrogen-bond acceptors (Lipinski definition) is 5. The molecule has 1 aliphatic rings. The maximum atomic E-state index is 15.1. The van der Waals surface area contributed by atoms with Crippen LogP contribution in [0.5, 0.6) is 0 Å². The zero-order valence-electron chi connectivity index (χ0n) is 20.6. The van der Waals surface area contributed by atoms with Crippen LogP contribution in [-0.2, 0) is 10.9 Å². The molecule has 1 N–H and O–H groups in total. The van der Waals surface area contributed by atoms with Crippen molar-refractivity contribution in [2.75, 3.05) is 7.11 Å². The van der Waals surface area contributed by atoms with E-state index < -0.39 is 41.0 Å². The van der Waals surface area contributed by atoms with Gasteiger partial charge in [0, 0.05) is 10.9 Å². The van der Waals surface area contributed by atoms with Gasteiger partial charge in [-0.1, -0.05) is 6.07 Å². The van der Waals surface area contributed by atoms with Crippen molar-refractivity contribution in [2.45, 2.75) is 31.9 Å². The Labute approximate surface area is 218 Å². The second-order valence-electron chi connectivity index (χ2n) is 9.26. The van der Waals surface area contributed by atoms with Gasteiger partial charge in [0.05, 0.1) is 34.9 Å². The largest absolute Gasteiger partial charge is 0.478 e. The molecule has 0 unspecified atom stereocenters. The first kappa shape index (κ1) is 26.1. The molecule has 3 aromatic carbocycles. The summed E-state index contributed by atoms with van der Waals surface area (Å²) in [5, 5.41) is 13.8. The highest BCUT2D eigenvalue weighted by atomic mass is 19.4. The molecule has 0 aliphatic heterocycles. The molecule has 200 valence electrons. The van der Waals surface area contributed by atoms with Gasteiger partial charge in [0.2, 0.25) is 0 Å². The highest BCUT2D eigenvalue weighted by molar-refractivity contribution is 6.07. The van der Waals surface area contributed by atoms with E-state index in [0.29, 0.717) is 10.2 Å². The van der Waals surface area contributed by atoms with E-state index in [4.69, 9.17) is 0 Å². The third kappa shape index (κ3) is 4.53. The summed E-state index contributed by atoms with van der Waals surface area (Å²) in [4.78, 5) is 37.3. The minimum Gasteiger partial charge on any atom is -0.478 e. The summed E-state index contributed by atoms with van der Waals surface area (Å²) >= 11 is 0. The third-order valence-corrected chi connectivity index (χ3v) is 6.81. The Morgan fingerprint density at radius 2 is 1.72 bits per heavy atom. The molecule has 1 heterocycles. The van der Waals surface area contributed by atoms with Gasteiger partial charge in [0.1, 0.15) is 11.5 Å². The average molecular weight is 540 g/mol. The number of fused-ring (bicyclic) bond motifs is 1. The van der Waals surface area contributed by atoms with Crippen LogP contribution in [0.2, 0.25) is 0 Å². The quantitative estimate of drug-likeness (QED) is 0.238. The molecular weight excluding hydrogens is 520 g/mol. The van der Waals surface area contributed by atoms with E-state index in [2.05, 4.69) is 9.84 Å². The van der Waals surface area contributed by atoms with E-state index in [-0.39, 0.29) is 44.8 Å². The lowest BCUT2D eigenvalue weighted by molar-refractivity contribution is -0.138. The number of halogens is 4. The molecule has 11 heteroatoms. The minimum absolute atomic E-state index is 0.0461. The van der Waals surface area contributed by atoms with Gasteiger partial charge in [-0.25, -0.2) is 14.0 Å². The first-order valence-electron chi connectivity index (χ1n) is 11.8. The molecule has 0 saturated heterocycles. The average Bonchev–Trinajstić information content (AvgIpc) is 3.67. The molecular formula is C28H20F4N2O5. The molecule has 39 heavy (non-hydrogen) atoms. The van der Waals surface area contributed by atoms with Crippen LogP contribution in [0.4, 0.5) is 17.6 Å². The molecule has 0 bridgehead atoms. The molecule has 0 amide bonds. The van der Waals surface area contributed by atoms with Crippen LogP contribution in [0, 0.1) is 12.7 Å². The van der Waals surface area contributed by atoms with Crippen LogP contribution in [-0.4, -0.2) is 39.8 Å². The third-order valence-electron chi connectivity index (χ3n) is 6.81. The van der Waals surface area contributed by atoms with Crippen LogP contribution < -0.4 is 0 Å². The number of carbonyl (C=O) groups excluding carboxylic acids is 2. The number of methoxy groups -OCH3 is 1. The van der Waals surface area contributed by atoms with Gasteiger partial charge in [0.15, 0.2) is 0 Å². The maximum Gasteiger partial charge on any atom is 0.417 e. The van der Waals surface area contributed by atoms with Gasteiger partial charge < -0.3 is 9.84 Å². The topological polar surface area (TPSA) is 98.5 Å². The van der Waals surface area contributed by atoms with Gasteiger partial charge in [-0.05, 0) is 79.3 Å². The number of benzene rings is 3. The van der Waals surface area contributed by atoms with Crippen LogP contribution >= 0.6 is 0 Å². The molecule has 1 fully saturated rings. The lowest BCUT2D eigenvalue weighted by Gasteiger charge is -2.17. The number of rotatable bonds is 5. The summed E-state index contributed by atoms with van der Waals surface area (Å²) in [6.45, 7) is 1.44. The number of alkyl halides is 3. The number of aromatic carboxylic acids is 1. The highest BCUT2D eigenvalue weighted by Gasteiger charge is 2.39. The zero-order chi connectivity index (χ0) is 28.2. The SMILES string of the molecule is COC(=O)c1ccc(-c2nn(C(=O)c3c(C(F)(F)F)ccc(C4CC4)c3C)c3cc(C(=O)O)ccc23)c(F)c1. The summed E-state index contributed by atoms with van der Waals surface area (Å²) in [5.74, 6) is -4.11. The first-order valence-corrected chi connectivity index (χ1v) is 11.8. The number of hydrogen-bond donors (Lipinski definition) is 1. The molecule has 0 atom stereocenters. The molecule has 1 saturated carbocycles. The Balaban J connectivity index is 1.76. The summed E-state index contributed by atoms with van der Waals surface area (Å²) in [6.07, 6.45) is -3.28. The van der Waals surface area contributed by atoms with Crippen LogP contribution in [0.15, 0.2) is 48.5 Å². The van der Waals surface area contributed by atoms with E-state index in [1.54, 1.807) is 0 Å². The van der Waals surface area contributed by atoms with Crippen LogP contribution in [0.3, 0.4) is 0 Å². The second-order valence-corrected chi connectivity index (χ2v) is 9.26. The van der Waals surface area contributed by atoms with Gasteiger partial charge in [-0.15, -0.1) is 0 Å². The maximum absolute atomic E-state index is 15.1. The monoisotopic (exact) mass is 540 g/mol. The van der Waals surface area contributed by atoms with Crippen molar-refractivity contribution < 1.29 is 41.8 Å². The molecule has 1 aliphatic carbocycles. The molecule has 0 spiro atoms. The Bertz CT molecular complexity index is 1690. The van der Waals surface area contributed by atoms with Crippen molar-refractivity contribution in [3.05, 3.63) is 87.7 Å². The number of carboxylic acids is 1. The van der Waals surface area contributed by atoms with Crippen molar-refractivity contribution in [3.8, 4) is 11.3 Å². The number of carbonyl (C=O) groups is 3. The predicted molar refractivity (Wildman–Crippen MR) is 131 cm³/mol. The van der Waals surface area contributed by atoms with Gasteiger partial charge >= 0.3 is 18.1 Å². The van der Waals surface area contributed by atoms with Crippen molar-refractivity contribution in [1.29, 1.82) is 0 Å². The number of aromatic nitrogens is 2. The van der Waals surface area contributed by atoms with Crippen LogP contribution in [0.25, 0.3) is 22.2 Å². The number of nitrogens with zero attached hydrogens (tertiary/aromatic N) is 2. The Kier molecular flexibility index (Phi) is 6.24. The van der Waals surface area contributed by atoms with Gasteiger partial charge in [-0.2, -0.15) is 23.0 Å². The van der Waals surface area contributed by atoms with Crippen molar-refractivity contribution in [3.63, 3.8) is 0 Å². The Morgan fingerprint density at radius 3 is 2.31 bits per heavy atom. The molecule has 5 rings (SSSR count). The number of esters is 1. The van der Waals surface area contributed by atoms with Gasteiger partial charge in [-0.3, -0.25) is 4.79 Å². The first-order chi connectivity index (χ1) is 18.4. The number of ether oxygens (including phenoxy) is 1. The van der Waals surface area contributed by atoms with E-state index >= 15 is 4.39 Å². The molecule has 0 radical (unpaired) electrons. The number of carboxylic acid groups (broad SMARTS) is 1. The normalized spacial score (nSPS) is 13.5. The van der Waals surface area contributed by atoms with E-state index in [1.807, 2.05) is 0 Å². The predicted octanol–water partition coefficient (Wildman–Crippen LogP) is 6.22. The summed E-state index contributed by atoms with van der Waals surface area (Å²) in [6, 6.07) is 9.26. The fourth-order valence-corrected chi connectivity index (χ4v) is 4.74. The van der Waals surface area contributed by atoms with E-state index in [1.165, 1.54) is 37.3 Å². The van der Waals surface area contributed by atoms with E-state index in [9.17, 15) is 32.7 Å².